The molecule has 0 saturated heterocycles. The van der Waals surface area contributed by atoms with Gasteiger partial charge in [0.25, 0.3) is 0 Å². The van der Waals surface area contributed by atoms with Crippen LogP contribution in [0.5, 0.6) is 0 Å². The normalized spacial score (nSPS) is 13.7. The van der Waals surface area contributed by atoms with Crippen molar-refractivity contribution in [1.82, 2.24) is 0 Å². The molecule has 0 fully saturated rings. The second-order valence-corrected chi connectivity index (χ2v) is 15.8. The van der Waals surface area contributed by atoms with Crippen molar-refractivity contribution in [3.8, 4) is 0 Å². The number of unbranched alkanes of at least 4 members (excludes halogenated alkanes) is 22. The molecule has 0 amide bonds. The van der Waals surface area contributed by atoms with Gasteiger partial charge in [0.2, 0.25) is 0 Å². The fourth-order valence-electron chi connectivity index (χ4n) is 5.93. The fourth-order valence-corrected chi connectivity index (χ4v) is 6.69. The Balaban J connectivity index is 4.07. The molecule has 0 aliphatic heterocycles. The maximum Gasteiger partial charge on any atom is 0.472 e. The predicted molar refractivity (Wildman–Crippen MR) is 221 cm³/mol. The van der Waals surface area contributed by atoms with Crippen molar-refractivity contribution < 1.29 is 37.6 Å². The van der Waals surface area contributed by atoms with Crippen LogP contribution in [0.1, 0.15) is 207 Å². The molecule has 0 heterocycles. The Hall–Kier alpha value is -1.73. The predicted octanol–water partition coefficient (Wildman–Crippen LogP) is 13.6. The molecule has 0 aliphatic rings. The van der Waals surface area contributed by atoms with Gasteiger partial charge in [-0.25, -0.2) is 4.57 Å². The lowest BCUT2D eigenvalue weighted by Crippen LogP contribution is -2.29. The van der Waals surface area contributed by atoms with Gasteiger partial charge in [0, 0.05) is 12.8 Å². The van der Waals surface area contributed by atoms with Crippen molar-refractivity contribution in [1.29, 1.82) is 0 Å². The minimum Gasteiger partial charge on any atom is -0.462 e. The van der Waals surface area contributed by atoms with Crippen LogP contribution in [0.3, 0.4) is 0 Å². The minimum atomic E-state index is -4.28. The standard InChI is InChI=1S/C44H81O8P/c1-4-7-9-11-13-15-17-19-21-22-23-24-25-27-28-30-32-34-36-38-43(45)49-40-42(41-51-53(47,48)50-6-3)52-44(46)39-37-35-33-31-29-26-20-18-16-14-12-10-8-5-2/h12,14,18-21,42H,4-11,13,15-17,22-41H2,1-3H3,(H,47,48)/b14-12-,20-18-,21-19-. The number of allylic oxidation sites excluding steroid dienone is 6. The molecule has 0 aromatic heterocycles. The lowest BCUT2D eigenvalue weighted by atomic mass is 10.1. The highest BCUT2D eigenvalue weighted by Crippen LogP contribution is 2.43. The summed E-state index contributed by atoms with van der Waals surface area (Å²) in [6.07, 6.45) is 44.8. The van der Waals surface area contributed by atoms with Gasteiger partial charge in [-0.2, -0.15) is 0 Å². The average molecular weight is 769 g/mol. The van der Waals surface area contributed by atoms with Crippen molar-refractivity contribution in [2.24, 2.45) is 0 Å². The van der Waals surface area contributed by atoms with E-state index in [1.54, 1.807) is 6.92 Å². The first-order chi connectivity index (χ1) is 25.8. The van der Waals surface area contributed by atoms with Crippen molar-refractivity contribution in [2.45, 2.75) is 213 Å². The van der Waals surface area contributed by atoms with Gasteiger partial charge in [0.05, 0.1) is 13.2 Å². The van der Waals surface area contributed by atoms with E-state index in [1.807, 2.05) is 0 Å². The van der Waals surface area contributed by atoms with E-state index in [-0.39, 0.29) is 32.0 Å². The first-order valence-corrected chi connectivity index (χ1v) is 23.3. The van der Waals surface area contributed by atoms with Crippen LogP contribution in [0.15, 0.2) is 36.5 Å². The van der Waals surface area contributed by atoms with Crippen LogP contribution in [0.4, 0.5) is 0 Å². The largest absolute Gasteiger partial charge is 0.472 e. The van der Waals surface area contributed by atoms with Crippen LogP contribution in [0.25, 0.3) is 0 Å². The average Bonchev–Trinajstić information content (AvgIpc) is 3.13. The second kappa shape index (κ2) is 39.9. The van der Waals surface area contributed by atoms with Crippen molar-refractivity contribution >= 4 is 19.8 Å². The first kappa shape index (κ1) is 51.3. The van der Waals surface area contributed by atoms with E-state index < -0.39 is 26.5 Å². The van der Waals surface area contributed by atoms with Gasteiger partial charge in [0.15, 0.2) is 6.10 Å². The maximum absolute atomic E-state index is 12.5. The minimum absolute atomic E-state index is 0.00275. The Morgan fingerprint density at radius 2 is 0.925 bits per heavy atom. The summed E-state index contributed by atoms with van der Waals surface area (Å²) in [4.78, 5) is 34.7. The summed E-state index contributed by atoms with van der Waals surface area (Å²) in [7, 11) is -4.28. The number of ether oxygens (including phenoxy) is 2. The number of carbonyl (C=O) groups excluding carboxylic acids is 2. The molecule has 2 unspecified atom stereocenters. The molecular weight excluding hydrogens is 687 g/mol. The molecule has 0 radical (unpaired) electrons. The van der Waals surface area contributed by atoms with Gasteiger partial charge in [-0.15, -0.1) is 0 Å². The van der Waals surface area contributed by atoms with Crippen LogP contribution >= 0.6 is 7.82 Å². The molecule has 53 heavy (non-hydrogen) atoms. The zero-order chi connectivity index (χ0) is 38.9. The van der Waals surface area contributed by atoms with Crippen molar-refractivity contribution in [3.63, 3.8) is 0 Å². The molecule has 0 saturated carbocycles. The van der Waals surface area contributed by atoms with Gasteiger partial charge < -0.3 is 14.4 Å². The van der Waals surface area contributed by atoms with E-state index in [0.717, 1.165) is 64.2 Å². The molecule has 1 N–H and O–H groups in total. The summed E-state index contributed by atoms with van der Waals surface area (Å²) in [5.41, 5.74) is 0. The highest BCUT2D eigenvalue weighted by Gasteiger charge is 2.25. The molecule has 0 rings (SSSR count). The Bertz CT molecular complexity index is 963. The molecule has 0 aliphatic carbocycles. The molecule has 0 aromatic carbocycles. The van der Waals surface area contributed by atoms with Gasteiger partial charge in [-0.3, -0.25) is 18.6 Å². The molecule has 8 nitrogen and oxygen atoms in total. The highest BCUT2D eigenvalue weighted by molar-refractivity contribution is 7.47. The lowest BCUT2D eigenvalue weighted by molar-refractivity contribution is -0.161. The van der Waals surface area contributed by atoms with Crippen LogP contribution in [0, 0.1) is 0 Å². The number of rotatable bonds is 40. The number of hydrogen-bond acceptors (Lipinski definition) is 7. The van der Waals surface area contributed by atoms with E-state index in [2.05, 4.69) is 50.3 Å². The smallest absolute Gasteiger partial charge is 0.462 e. The number of phosphoric ester groups is 1. The van der Waals surface area contributed by atoms with E-state index in [9.17, 15) is 19.0 Å². The molecule has 0 spiro atoms. The van der Waals surface area contributed by atoms with E-state index in [4.69, 9.17) is 18.5 Å². The van der Waals surface area contributed by atoms with Gasteiger partial charge >= 0.3 is 19.8 Å². The lowest BCUT2D eigenvalue weighted by Gasteiger charge is -2.19. The summed E-state index contributed by atoms with van der Waals surface area (Å²) < 4.78 is 32.6. The Labute approximate surface area is 325 Å². The topological polar surface area (TPSA) is 108 Å². The van der Waals surface area contributed by atoms with E-state index in [1.165, 1.54) is 103 Å². The van der Waals surface area contributed by atoms with Gasteiger partial charge in [0.1, 0.15) is 6.61 Å². The first-order valence-electron chi connectivity index (χ1n) is 21.8. The van der Waals surface area contributed by atoms with E-state index in [0.29, 0.717) is 6.42 Å². The Morgan fingerprint density at radius 3 is 1.42 bits per heavy atom. The number of hydrogen-bond donors (Lipinski definition) is 1. The third-order valence-electron chi connectivity index (χ3n) is 9.17. The number of phosphoric acid groups is 1. The fraction of sp³-hybridized carbons (Fsp3) is 0.818. The quantitative estimate of drug-likeness (QED) is 0.0284. The number of esters is 2. The Morgan fingerprint density at radius 1 is 0.509 bits per heavy atom. The third kappa shape index (κ3) is 39.8. The van der Waals surface area contributed by atoms with Crippen molar-refractivity contribution in [2.75, 3.05) is 19.8 Å². The second-order valence-electron chi connectivity index (χ2n) is 14.4. The summed E-state index contributed by atoms with van der Waals surface area (Å²) >= 11 is 0. The van der Waals surface area contributed by atoms with Gasteiger partial charge in [-0.05, 0) is 71.1 Å². The molecule has 2 atom stereocenters. The third-order valence-corrected chi connectivity index (χ3v) is 10.2. The molecular formula is C44H81O8P. The van der Waals surface area contributed by atoms with Gasteiger partial charge in [-0.1, -0.05) is 159 Å². The van der Waals surface area contributed by atoms with Crippen LogP contribution < -0.4 is 0 Å². The van der Waals surface area contributed by atoms with Crippen molar-refractivity contribution in [3.05, 3.63) is 36.5 Å². The van der Waals surface area contributed by atoms with Crippen LogP contribution in [0.2, 0.25) is 0 Å². The zero-order valence-corrected chi connectivity index (χ0v) is 35.3. The molecule has 0 bridgehead atoms. The molecule has 310 valence electrons. The molecule has 9 heteroatoms. The SMILES string of the molecule is CCCC/C=C\C/C=C\CCCCCCCC(=O)OC(COC(=O)CCCCCCCCCCC/C=C\CCCCCCCC)COP(=O)(O)OCC. The zero-order valence-electron chi connectivity index (χ0n) is 34.4. The Kier molecular flexibility index (Phi) is 38.6. The summed E-state index contributed by atoms with van der Waals surface area (Å²) in [5, 5.41) is 0. The van der Waals surface area contributed by atoms with Crippen LogP contribution in [-0.4, -0.2) is 42.8 Å². The highest BCUT2D eigenvalue weighted by atomic mass is 31.2. The summed E-state index contributed by atoms with van der Waals surface area (Å²) in [6.45, 7) is 5.42. The maximum atomic E-state index is 12.5. The summed E-state index contributed by atoms with van der Waals surface area (Å²) in [5.74, 6) is -0.813. The molecule has 0 aromatic rings. The van der Waals surface area contributed by atoms with E-state index >= 15 is 0 Å². The van der Waals surface area contributed by atoms with Crippen LogP contribution in [-0.2, 0) is 32.7 Å². The monoisotopic (exact) mass is 769 g/mol. The number of carbonyl (C=O) groups is 2. The summed E-state index contributed by atoms with van der Waals surface area (Å²) in [6, 6.07) is 0.